The van der Waals surface area contributed by atoms with Gasteiger partial charge in [-0.15, -0.1) is 0 Å². The monoisotopic (exact) mass is 364 g/mol. The molecule has 2 heteroatoms. The van der Waals surface area contributed by atoms with Gasteiger partial charge in [-0.3, -0.25) is 0 Å². The van der Waals surface area contributed by atoms with Gasteiger partial charge in [0.15, 0.2) is 0 Å². The first-order valence-corrected chi connectivity index (χ1v) is 9.40. The third kappa shape index (κ3) is 10.3. The predicted octanol–water partition coefficient (Wildman–Crippen LogP) is 5.05. The van der Waals surface area contributed by atoms with E-state index >= 15 is 0 Å². The summed E-state index contributed by atoms with van der Waals surface area (Å²) in [6.07, 6.45) is 1.39. The molecule has 2 nitrogen and oxygen atoms in total. The summed E-state index contributed by atoms with van der Waals surface area (Å²) in [6, 6.07) is 26.6. The molecule has 0 atom stereocenters. The van der Waals surface area contributed by atoms with Gasteiger partial charge in [-0.2, -0.15) is 0 Å². The van der Waals surface area contributed by atoms with Crippen LogP contribution < -0.4 is 0 Å². The van der Waals surface area contributed by atoms with Crippen LogP contribution in [0.5, 0.6) is 0 Å². The molecule has 0 aliphatic heterocycles. The van der Waals surface area contributed by atoms with Gasteiger partial charge >= 0.3 is 0 Å². The molecule has 3 rings (SSSR count). The van der Waals surface area contributed by atoms with Gasteiger partial charge in [0.25, 0.3) is 0 Å². The van der Waals surface area contributed by atoms with E-state index in [2.05, 4.69) is 44.2 Å². The number of aliphatic hydroxyl groups excluding tert-OH is 2. The Morgan fingerprint density at radius 2 is 1.07 bits per heavy atom. The van der Waals surface area contributed by atoms with E-state index in [0.717, 1.165) is 5.56 Å². The number of hydrogen-bond acceptors (Lipinski definition) is 2. The Labute approximate surface area is 164 Å². The van der Waals surface area contributed by atoms with Crippen molar-refractivity contribution in [1.82, 2.24) is 0 Å². The molecule has 144 valence electrons. The van der Waals surface area contributed by atoms with Crippen molar-refractivity contribution in [1.29, 1.82) is 0 Å². The van der Waals surface area contributed by atoms with Crippen LogP contribution in [0.3, 0.4) is 0 Å². The molecule has 0 fully saturated rings. The van der Waals surface area contributed by atoms with Crippen molar-refractivity contribution in [2.75, 3.05) is 13.2 Å². The predicted molar refractivity (Wildman–Crippen MR) is 115 cm³/mol. The second kappa shape index (κ2) is 13.7. The highest BCUT2D eigenvalue weighted by Gasteiger charge is 1.99. The van der Waals surface area contributed by atoms with Gasteiger partial charge in [0, 0.05) is 13.2 Å². The van der Waals surface area contributed by atoms with E-state index in [0.29, 0.717) is 12.8 Å². The van der Waals surface area contributed by atoms with Crippen LogP contribution in [0.2, 0.25) is 0 Å². The highest BCUT2D eigenvalue weighted by atomic mass is 16.3. The number of aliphatic hydroxyl groups is 2. The first kappa shape index (κ1) is 22.6. The largest absolute Gasteiger partial charge is 0.396 e. The molecule has 0 aromatic heterocycles. The molecule has 3 aromatic rings. The number of benzene rings is 3. The lowest BCUT2D eigenvalue weighted by Gasteiger charge is -2.06. The quantitative estimate of drug-likeness (QED) is 0.680. The molecular weight excluding hydrogens is 332 g/mol. The Hall–Kier alpha value is -2.42. The van der Waals surface area contributed by atoms with E-state index in [4.69, 9.17) is 10.2 Å². The Bertz CT molecular complexity index is 699. The number of rotatable bonds is 4. The van der Waals surface area contributed by atoms with Gasteiger partial charge in [-0.05, 0) is 50.3 Å². The summed E-state index contributed by atoms with van der Waals surface area (Å²) in [5, 5.41) is 17.6. The van der Waals surface area contributed by atoms with Crippen molar-refractivity contribution in [3.8, 4) is 0 Å². The summed E-state index contributed by atoms with van der Waals surface area (Å²) in [7, 11) is 0. The minimum Gasteiger partial charge on any atom is -0.396 e. The van der Waals surface area contributed by atoms with Gasteiger partial charge in [0.05, 0.1) is 0 Å². The number of hydrogen-bond donors (Lipinski definition) is 2. The molecule has 0 aliphatic rings. The number of aryl methyl sites for hydroxylation is 3. The zero-order chi connectivity index (χ0) is 19.9. The van der Waals surface area contributed by atoms with Crippen molar-refractivity contribution in [3.05, 3.63) is 107 Å². The second-order valence-corrected chi connectivity index (χ2v) is 6.52. The smallest absolute Gasteiger partial charge is 0.0471 e. The van der Waals surface area contributed by atoms with E-state index in [9.17, 15) is 0 Å². The van der Waals surface area contributed by atoms with Crippen LogP contribution in [0.4, 0.5) is 0 Å². The van der Waals surface area contributed by atoms with Crippen LogP contribution >= 0.6 is 0 Å². The molecular formula is C25H32O2. The summed E-state index contributed by atoms with van der Waals surface area (Å²) in [6.45, 7) is 6.57. The van der Waals surface area contributed by atoms with Gasteiger partial charge in [-0.1, -0.05) is 90.0 Å². The van der Waals surface area contributed by atoms with Crippen molar-refractivity contribution in [3.63, 3.8) is 0 Å². The average Bonchev–Trinajstić information content (AvgIpc) is 2.67. The maximum atomic E-state index is 8.82. The fraction of sp³-hybridized carbons (Fsp3) is 0.280. The lowest BCUT2D eigenvalue weighted by Crippen LogP contribution is -1.97. The molecule has 0 aliphatic carbocycles. The van der Waals surface area contributed by atoms with Crippen molar-refractivity contribution in [2.24, 2.45) is 0 Å². The first-order chi connectivity index (χ1) is 13.1. The minimum absolute atomic E-state index is 0.182. The van der Waals surface area contributed by atoms with Crippen molar-refractivity contribution >= 4 is 0 Å². The molecule has 0 bridgehead atoms. The van der Waals surface area contributed by atoms with E-state index in [1.807, 2.05) is 55.5 Å². The maximum Gasteiger partial charge on any atom is 0.0471 e. The lowest BCUT2D eigenvalue weighted by molar-refractivity contribution is 0.298. The van der Waals surface area contributed by atoms with Gasteiger partial charge in [0.1, 0.15) is 0 Å². The van der Waals surface area contributed by atoms with Crippen LogP contribution in [0, 0.1) is 20.8 Å². The molecule has 2 N–H and O–H groups in total. The zero-order valence-corrected chi connectivity index (χ0v) is 16.7. The maximum absolute atomic E-state index is 8.82. The molecule has 0 saturated heterocycles. The fourth-order valence-corrected chi connectivity index (χ4v) is 2.47. The standard InChI is InChI=1S/C11H16O2.2C7H8/c1-9-2-3-10(4-6-12)8-11(9)5-7-13;2*1-7-5-3-2-4-6-7/h2-3,8,12-13H,4-7H2,1H3;2*2-6H,1H3. The third-order valence-electron chi connectivity index (χ3n) is 4.08. The summed E-state index contributed by atoms with van der Waals surface area (Å²) < 4.78 is 0. The van der Waals surface area contributed by atoms with Crippen LogP contribution in [0.1, 0.15) is 27.8 Å². The summed E-state index contributed by atoms with van der Waals surface area (Å²) in [5.41, 5.74) is 6.16. The Kier molecular flexibility index (Phi) is 11.5. The van der Waals surface area contributed by atoms with Crippen LogP contribution in [0.15, 0.2) is 78.9 Å². The van der Waals surface area contributed by atoms with Crippen LogP contribution in [-0.4, -0.2) is 23.4 Å². The lowest BCUT2D eigenvalue weighted by atomic mass is 10.0. The summed E-state index contributed by atoms with van der Waals surface area (Å²) >= 11 is 0. The van der Waals surface area contributed by atoms with Crippen molar-refractivity contribution < 1.29 is 10.2 Å². The zero-order valence-electron chi connectivity index (χ0n) is 16.7. The van der Waals surface area contributed by atoms with Crippen LogP contribution in [0.25, 0.3) is 0 Å². The molecule has 3 aromatic carbocycles. The van der Waals surface area contributed by atoms with E-state index in [-0.39, 0.29) is 13.2 Å². The topological polar surface area (TPSA) is 40.5 Å². The van der Waals surface area contributed by atoms with Gasteiger partial charge in [-0.25, -0.2) is 0 Å². The first-order valence-electron chi connectivity index (χ1n) is 9.40. The molecule has 0 radical (unpaired) electrons. The van der Waals surface area contributed by atoms with Crippen molar-refractivity contribution in [2.45, 2.75) is 33.6 Å². The minimum atomic E-state index is 0.182. The highest BCUT2D eigenvalue weighted by molar-refractivity contribution is 5.31. The third-order valence-corrected chi connectivity index (χ3v) is 4.08. The molecule has 0 amide bonds. The summed E-state index contributed by atoms with van der Waals surface area (Å²) in [5.74, 6) is 0. The second-order valence-electron chi connectivity index (χ2n) is 6.52. The molecule has 0 unspecified atom stereocenters. The molecule has 0 saturated carbocycles. The van der Waals surface area contributed by atoms with E-state index in [1.54, 1.807) is 0 Å². The Morgan fingerprint density at radius 1 is 0.593 bits per heavy atom. The Balaban J connectivity index is 0.000000220. The van der Waals surface area contributed by atoms with E-state index < -0.39 is 0 Å². The van der Waals surface area contributed by atoms with E-state index in [1.165, 1.54) is 22.3 Å². The van der Waals surface area contributed by atoms with Gasteiger partial charge < -0.3 is 10.2 Å². The van der Waals surface area contributed by atoms with Gasteiger partial charge in [0.2, 0.25) is 0 Å². The fourth-order valence-electron chi connectivity index (χ4n) is 2.47. The molecule has 27 heavy (non-hydrogen) atoms. The summed E-state index contributed by atoms with van der Waals surface area (Å²) in [4.78, 5) is 0. The molecule has 0 heterocycles. The molecule has 0 spiro atoms. The van der Waals surface area contributed by atoms with Crippen LogP contribution in [-0.2, 0) is 12.8 Å². The average molecular weight is 365 g/mol. The normalized spacial score (nSPS) is 9.52. The SMILES string of the molecule is Cc1ccc(CCO)cc1CCO.Cc1ccccc1.Cc1ccccc1. The Morgan fingerprint density at radius 3 is 1.44 bits per heavy atom. The highest BCUT2D eigenvalue weighted by Crippen LogP contribution is 2.12.